The van der Waals surface area contributed by atoms with Crippen molar-refractivity contribution in [1.29, 1.82) is 0 Å². The van der Waals surface area contributed by atoms with E-state index in [1.807, 2.05) is 18.5 Å². The molecule has 1 aliphatic rings. The number of aromatic nitrogens is 1. The van der Waals surface area contributed by atoms with E-state index in [-0.39, 0.29) is 6.10 Å². The molecule has 1 saturated heterocycles. The minimum Gasteiger partial charge on any atom is -0.392 e. The fraction of sp³-hybridized carbons (Fsp3) is 0.688. The Morgan fingerprint density at radius 3 is 2.90 bits per heavy atom. The summed E-state index contributed by atoms with van der Waals surface area (Å²) >= 11 is 0. The van der Waals surface area contributed by atoms with Crippen LogP contribution in [0.5, 0.6) is 0 Å². The molecule has 0 amide bonds. The molecule has 0 bridgehead atoms. The van der Waals surface area contributed by atoms with Crippen LogP contribution in [-0.2, 0) is 6.54 Å². The number of aliphatic hydroxyl groups excluding tert-OH is 1. The van der Waals surface area contributed by atoms with Crippen molar-refractivity contribution in [3.05, 3.63) is 30.1 Å². The van der Waals surface area contributed by atoms with E-state index < -0.39 is 0 Å². The van der Waals surface area contributed by atoms with Crippen LogP contribution in [0.3, 0.4) is 0 Å². The predicted octanol–water partition coefficient (Wildman–Crippen LogP) is 1.80. The average Bonchev–Trinajstić information content (AvgIpc) is 2.48. The molecule has 1 unspecified atom stereocenters. The molecule has 1 aromatic heterocycles. The summed E-state index contributed by atoms with van der Waals surface area (Å²) < 4.78 is 0. The van der Waals surface area contributed by atoms with E-state index in [4.69, 9.17) is 0 Å². The summed E-state index contributed by atoms with van der Waals surface area (Å²) in [7, 11) is 0. The second-order valence-electron chi connectivity index (χ2n) is 5.76. The summed E-state index contributed by atoms with van der Waals surface area (Å²) in [6.45, 7) is 6.09. The first-order valence-corrected chi connectivity index (χ1v) is 7.80. The van der Waals surface area contributed by atoms with E-state index >= 15 is 0 Å². The van der Waals surface area contributed by atoms with Crippen LogP contribution >= 0.6 is 0 Å². The fourth-order valence-corrected chi connectivity index (χ4v) is 2.78. The Balaban J connectivity index is 1.65. The molecule has 0 saturated carbocycles. The minimum atomic E-state index is -0.187. The maximum atomic E-state index is 9.75. The Hall–Kier alpha value is -0.970. The van der Waals surface area contributed by atoms with Crippen LogP contribution in [0.2, 0.25) is 0 Å². The summed E-state index contributed by atoms with van der Waals surface area (Å²) in [5, 5.41) is 13.2. The highest BCUT2D eigenvalue weighted by Crippen LogP contribution is 2.13. The standard InChI is InChI=1S/C16H27N3O/c1-2-4-16(20)12-18-15-6-9-19(10-7-15)13-14-5-3-8-17-11-14/h3,5,8,11,15-16,18,20H,2,4,6-7,9-10,12-13H2,1H3. The van der Waals surface area contributed by atoms with E-state index in [1.165, 1.54) is 18.4 Å². The number of pyridine rings is 1. The Bertz CT molecular complexity index is 363. The third kappa shape index (κ3) is 5.19. The third-order valence-corrected chi connectivity index (χ3v) is 3.98. The summed E-state index contributed by atoms with van der Waals surface area (Å²) in [5.41, 5.74) is 1.29. The zero-order chi connectivity index (χ0) is 14.2. The van der Waals surface area contributed by atoms with Gasteiger partial charge in [0.2, 0.25) is 0 Å². The fourth-order valence-electron chi connectivity index (χ4n) is 2.78. The predicted molar refractivity (Wildman–Crippen MR) is 81.5 cm³/mol. The van der Waals surface area contributed by atoms with Crippen LogP contribution in [0, 0.1) is 0 Å². The molecule has 20 heavy (non-hydrogen) atoms. The molecule has 2 heterocycles. The Morgan fingerprint density at radius 2 is 2.25 bits per heavy atom. The zero-order valence-corrected chi connectivity index (χ0v) is 12.5. The van der Waals surface area contributed by atoms with Crippen LogP contribution in [0.4, 0.5) is 0 Å². The van der Waals surface area contributed by atoms with Crippen LogP contribution in [0.1, 0.15) is 38.2 Å². The van der Waals surface area contributed by atoms with Gasteiger partial charge in [0.05, 0.1) is 6.10 Å². The lowest BCUT2D eigenvalue weighted by atomic mass is 10.0. The molecule has 2 N–H and O–H groups in total. The van der Waals surface area contributed by atoms with Crippen molar-refractivity contribution in [3.63, 3.8) is 0 Å². The van der Waals surface area contributed by atoms with Gasteiger partial charge in [-0.25, -0.2) is 0 Å². The number of likely N-dealkylation sites (tertiary alicyclic amines) is 1. The maximum Gasteiger partial charge on any atom is 0.0664 e. The Labute approximate surface area is 122 Å². The van der Waals surface area contributed by atoms with Gasteiger partial charge in [-0.2, -0.15) is 0 Å². The van der Waals surface area contributed by atoms with Gasteiger partial charge in [0.1, 0.15) is 0 Å². The van der Waals surface area contributed by atoms with Gasteiger partial charge in [-0.05, 0) is 44.0 Å². The summed E-state index contributed by atoms with van der Waals surface area (Å²) in [6.07, 6.45) is 7.86. The normalized spacial score (nSPS) is 19.1. The van der Waals surface area contributed by atoms with Crippen molar-refractivity contribution >= 4 is 0 Å². The lowest BCUT2D eigenvalue weighted by Crippen LogP contribution is -2.44. The van der Waals surface area contributed by atoms with Gasteiger partial charge in [-0.15, -0.1) is 0 Å². The van der Waals surface area contributed by atoms with Gasteiger partial charge < -0.3 is 10.4 Å². The summed E-state index contributed by atoms with van der Waals surface area (Å²) in [6, 6.07) is 4.70. The first-order chi connectivity index (χ1) is 9.78. The molecule has 1 atom stereocenters. The lowest BCUT2D eigenvalue weighted by molar-refractivity contribution is 0.140. The largest absolute Gasteiger partial charge is 0.392 e. The molecule has 112 valence electrons. The molecule has 0 aromatic carbocycles. The SMILES string of the molecule is CCCC(O)CNC1CCN(Cc2cccnc2)CC1. The van der Waals surface area contributed by atoms with Crippen LogP contribution in [0.25, 0.3) is 0 Å². The molecule has 1 fully saturated rings. The minimum absolute atomic E-state index is 0.187. The topological polar surface area (TPSA) is 48.4 Å². The molecule has 1 aliphatic heterocycles. The van der Waals surface area contributed by atoms with Crippen LogP contribution < -0.4 is 5.32 Å². The molecule has 4 heteroatoms. The lowest BCUT2D eigenvalue weighted by Gasteiger charge is -2.32. The van der Waals surface area contributed by atoms with E-state index in [0.717, 1.165) is 39.0 Å². The number of nitrogens with one attached hydrogen (secondary N) is 1. The first kappa shape index (κ1) is 15.4. The van der Waals surface area contributed by atoms with Gasteiger partial charge in [-0.3, -0.25) is 9.88 Å². The second kappa shape index (κ2) is 8.35. The van der Waals surface area contributed by atoms with E-state index in [1.54, 1.807) is 0 Å². The van der Waals surface area contributed by atoms with Crippen molar-refractivity contribution in [2.75, 3.05) is 19.6 Å². The van der Waals surface area contributed by atoms with Crippen molar-refractivity contribution in [1.82, 2.24) is 15.2 Å². The van der Waals surface area contributed by atoms with Crippen molar-refractivity contribution in [2.24, 2.45) is 0 Å². The van der Waals surface area contributed by atoms with E-state index in [0.29, 0.717) is 6.04 Å². The van der Waals surface area contributed by atoms with Gasteiger partial charge in [0.15, 0.2) is 0 Å². The molecule has 2 rings (SSSR count). The summed E-state index contributed by atoms with van der Waals surface area (Å²) in [4.78, 5) is 6.65. The molecule has 0 aliphatic carbocycles. The number of piperidine rings is 1. The number of aliphatic hydroxyl groups is 1. The Kier molecular flexibility index (Phi) is 6.43. The highest BCUT2D eigenvalue weighted by Gasteiger charge is 2.19. The third-order valence-electron chi connectivity index (χ3n) is 3.98. The molecule has 0 radical (unpaired) electrons. The smallest absolute Gasteiger partial charge is 0.0664 e. The van der Waals surface area contributed by atoms with Crippen molar-refractivity contribution in [3.8, 4) is 0 Å². The number of rotatable bonds is 7. The Morgan fingerprint density at radius 1 is 1.45 bits per heavy atom. The zero-order valence-electron chi connectivity index (χ0n) is 12.5. The second-order valence-corrected chi connectivity index (χ2v) is 5.76. The first-order valence-electron chi connectivity index (χ1n) is 7.80. The number of hydrogen-bond donors (Lipinski definition) is 2. The number of nitrogens with zero attached hydrogens (tertiary/aromatic N) is 2. The maximum absolute atomic E-state index is 9.75. The highest BCUT2D eigenvalue weighted by atomic mass is 16.3. The monoisotopic (exact) mass is 277 g/mol. The summed E-state index contributed by atoms with van der Waals surface area (Å²) in [5.74, 6) is 0. The van der Waals surface area contributed by atoms with Crippen LogP contribution in [-0.4, -0.2) is 46.8 Å². The molecular formula is C16H27N3O. The highest BCUT2D eigenvalue weighted by molar-refractivity contribution is 5.08. The van der Waals surface area contributed by atoms with Gasteiger partial charge in [0.25, 0.3) is 0 Å². The molecule has 1 aromatic rings. The van der Waals surface area contributed by atoms with E-state index in [2.05, 4.69) is 28.2 Å². The molecular weight excluding hydrogens is 250 g/mol. The van der Waals surface area contributed by atoms with Gasteiger partial charge in [0, 0.05) is 31.5 Å². The van der Waals surface area contributed by atoms with Crippen molar-refractivity contribution in [2.45, 2.75) is 51.3 Å². The quantitative estimate of drug-likeness (QED) is 0.798. The molecule has 4 nitrogen and oxygen atoms in total. The van der Waals surface area contributed by atoms with Gasteiger partial charge in [-0.1, -0.05) is 19.4 Å². The molecule has 0 spiro atoms. The van der Waals surface area contributed by atoms with Crippen LogP contribution in [0.15, 0.2) is 24.5 Å². The van der Waals surface area contributed by atoms with Crippen molar-refractivity contribution < 1.29 is 5.11 Å². The number of hydrogen-bond acceptors (Lipinski definition) is 4. The van der Waals surface area contributed by atoms with E-state index in [9.17, 15) is 5.11 Å². The average molecular weight is 277 g/mol. The van der Waals surface area contributed by atoms with Gasteiger partial charge >= 0.3 is 0 Å².